The van der Waals surface area contributed by atoms with E-state index in [2.05, 4.69) is 52.4 Å². The second-order valence-corrected chi connectivity index (χ2v) is 34.9. The summed E-state index contributed by atoms with van der Waals surface area (Å²) in [6.07, 6.45) is 0. The molecule has 0 atom stereocenters. The van der Waals surface area contributed by atoms with Gasteiger partial charge in [-0.3, -0.25) is 0 Å². The minimum absolute atomic E-state index is 1.20. The first-order chi connectivity index (χ1) is 4.79. The Morgan fingerprint density at radius 3 is 2.40 bits per heavy atom. The summed E-state index contributed by atoms with van der Waals surface area (Å²) < 4.78 is 3.87. The van der Waals surface area contributed by atoms with Crippen molar-refractivity contribution < 1.29 is 18.7 Å². The van der Waals surface area contributed by atoms with E-state index in [0.717, 1.165) is 0 Å². The number of hydrogen-bond acceptors (Lipinski definition) is 0. The molecule has 0 aliphatic heterocycles. The standard InChI is InChI=1S/C7H7.CH3.Hg.HI/c1-7-5-3-2-4-6-7;;;/h2-6H,1H2;1H3;;1H/q;;+1;/p-1. The van der Waals surface area contributed by atoms with Gasteiger partial charge >= 0.3 is 80.6 Å². The molecule has 0 radical (unpaired) electrons. The maximum absolute atomic E-state index is 2.68. The summed E-state index contributed by atoms with van der Waals surface area (Å²) in [7, 11) is 0. The van der Waals surface area contributed by atoms with Crippen LogP contribution >= 0.6 is 17.7 Å². The van der Waals surface area contributed by atoms with Crippen LogP contribution in [0.25, 0.3) is 0 Å². The van der Waals surface area contributed by atoms with Crippen molar-refractivity contribution in [3.63, 3.8) is 0 Å². The predicted octanol–water partition coefficient (Wildman–Crippen LogP) is 3.20. The zero-order chi connectivity index (χ0) is 7.40. The summed E-state index contributed by atoms with van der Waals surface area (Å²) in [5.74, 6) is 0. The second kappa shape index (κ2) is 4.70. The molecule has 1 rings (SSSR count). The van der Waals surface area contributed by atoms with Gasteiger partial charge in [0.1, 0.15) is 0 Å². The Hall–Kier alpha value is 0.885. The molecule has 51 valence electrons. The Kier molecular flexibility index (Phi) is 4.22. The number of rotatable bonds is 2. The average Bonchev–Trinajstić information content (AvgIpc) is 1.88. The first-order valence-corrected chi connectivity index (χ1v) is 28.6. The molecule has 0 saturated heterocycles. The normalized spacial score (nSPS) is 9.40. The Morgan fingerprint density at radius 1 is 1.30 bits per heavy atom. The Bertz CT molecular complexity index is 184. The predicted molar refractivity (Wildman–Crippen MR) is 50.0 cm³/mol. The van der Waals surface area contributed by atoms with E-state index in [1.165, 1.54) is 9.49 Å². The zero-order valence-corrected chi connectivity index (χ0v) is 13.8. The molecule has 1 aromatic carbocycles. The molecular weight excluding hydrogens is 424 g/mol. The topological polar surface area (TPSA) is 0 Å². The van der Waals surface area contributed by atoms with Gasteiger partial charge in [-0.25, -0.2) is 0 Å². The van der Waals surface area contributed by atoms with E-state index in [-0.39, 0.29) is 0 Å². The molecule has 2 heteroatoms. The van der Waals surface area contributed by atoms with Gasteiger partial charge in [0, 0.05) is 0 Å². The van der Waals surface area contributed by atoms with Crippen LogP contribution in [0, 0.1) is 0 Å². The summed E-state index contributed by atoms with van der Waals surface area (Å²) in [6, 6.07) is 10.8. The van der Waals surface area contributed by atoms with Crippen LogP contribution in [-0.4, -0.2) is 0 Å². The fourth-order valence-corrected chi connectivity index (χ4v) is 10.9. The molecular formula is C8H10HgI. The molecule has 0 bridgehead atoms. The number of hydrogen-bond donors (Lipinski definition) is 0. The van der Waals surface area contributed by atoms with E-state index in [4.69, 9.17) is 0 Å². The van der Waals surface area contributed by atoms with Crippen LogP contribution in [0.2, 0.25) is 4.43 Å². The fourth-order valence-electron chi connectivity index (χ4n) is 1.04. The van der Waals surface area contributed by atoms with E-state index in [0.29, 0.717) is 0 Å². The third-order valence-electron chi connectivity index (χ3n) is 1.48. The molecule has 0 fully saturated rings. The van der Waals surface area contributed by atoms with Gasteiger partial charge in [-0.05, 0) is 0 Å². The van der Waals surface area contributed by atoms with E-state index in [1.54, 1.807) is 0 Å². The first-order valence-electron chi connectivity index (χ1n) is 3.74. The third-order valence-corrected chi connectivity index (χ3v) is 11.1. The molecule has 0 heterocycles. The molecule has 0 saturated carbocycles. The SMILES string of the molecule is [CH3][Hg]([I])[CH2]c1ccccc1. The van der Waals surface area contributed by atoms with Crippen molar-refractivity contribution >= 4 is 17.7 Å². The molecule has 0 nitrogen and oxygen atoms in total. The van der Waals surface area contributed by atoms with Crippen molar-refractivity contribution in [1.82, 2.24) is 0 Å². The molecule has 0 spiro atoms. The van der Waals surface area contributed by atoms with Gasteiger partial charge in [0.05, 0.1) is 0 Å². The Labute approximate surface area is 79.7 Å². The van der Waals surface area contributed by atoms with Gasteiger partial charge in [0.25, 0.3) is 0 Å². The summed E-state index contributed by atoms with van der Waals surface area (Å²) in [5.41, 5.74) is 1.54. The summed E-state index contributed by atoms with van der Waals surface area (Å²) >= 11 is 1.47. The van der Waals surface area contributed by atoms with E-state index >= 15 is 0 Å². The van der Waals surface area contributed by atoms with Crippen LogP contribution < -0.4 is 0 Å². The van der Waals surface area contributed by atoms with E-state index < -0.39 is 18.7 Å². The van der Waals surface area contributed by atoms with Gasteiger partial charge < -0.3 is 0 Å². The van der Waals surface area contributed by atoms with Gasteiger partial charge in [-0.2, -0.15) is 0 Å². The van der Waals surface area contributed by atoms with Gasteiger partial charge in [-0.15, -0.1) is 0 Å². The molecule has 0 aliphatic rings. The minimum atomic E-state index is -1.20. The molecule has 10 heavy (non-hydrogen) atoms. The van der Waals surface area contributed by atoms with Crippen molar-refractivity contribution in [3.8, 4) is 0 Å². The molecule has 0 unspecified atom stereocenters. The monoisotopic (exact) mass is 435 g/mol. The van der Waals surface area contributed by atoms with Gasteiger partial charge in [0.15, 0.2) is 0 Å². The van der Waals surface area contributed by atoms with Crippen LogP contribution in [0.3, 0.4) is 0 Å². The third kappa shape index (κ3) is 3.33. The molecule has 0 amide bonds. The quantitative estimate of drug-likeness (QED) is 0.496. The summed E-state index contributed by atoms with van der Waals surface area (Å²) in [6.45, 7) is 0. The number of benzene rings is 1. The van der Waals surface area contributed by atoms with Gasteiger partial charge in [-0.1, -0.05) is 0 Å². The van der Waals surface area contributed by atoms with Crippen molar-refractivity contribution in [2.75, 3.05) is 0 Å². The molecule has 1 aromatic rings. The summed E-state index contributed by atoms with van der Waals surface area (Å²) in [4.78, 5) is 0. The van der Waals surface area contributed by atoms with Crippen molar-refractivity contribution in [3.05, 3.63) is 35.9 Å². The van der Waals surface area contributed by atoms with Crippen LogP contribution in [0.4, 0.5) is 0 Å². The van der Waals surface area contributed by atoms with Crippen molar-refractivity contribution in [1.29, 1.82) is 0 Å². The Balaban J connectivity index is 2.59. The fraction of sp³-hybridized carbons (Fsp3) is 0.250. The second-order valence-electron chi connectivity index (χ2n) is 2.69. The zero-order valence-electron chi connectivity index (χ0n) is 6.18. The molecule has 0 aliphatic carbocycles. The first kappa shape index (κ1) is 8.98. The van der Waals surface area contributed by atoms with Crippen LogP contribution in [0.1, 0.15) is 5.56 Å². The van der Waals surface area contributed by atoms with Gasteiger partial charge in [0.2, 0.25) is 0 Å². The Morgan fingerprint density at radius 2 is 1.90 bits per heavy atom. The van der Waals surface area contributed by atoms with Crippen molar-refractivity contribution in [2.45, 2.75) is 8.36 Å². The molecule has 0 aromatic heterocycles. The maximum atomic E-state index is 2.68. The van der Waals surface area contributed by atoms with Crippen LogP contribution in [-0.2, 0) is 22.6 Å². The summed E-state index contributed by atoms with van der Waals surface area (Å²) in [5, 5.41) is 0. The van der Waals surface area contributed by atoms with E-state index in [9.17, 15) is 0 Å². The average molecular weight is 434 g/mol. The van der Waals surface area contributed by atoms with Crippen molar-refractivity contribution in [2.24, 2.45) is 0 Å². The van der Waals surface area contributed by atoms with Crippen LogP contribution in [0.15, 0.2) is 30.3 Å². The molecule has 0 N–H and O–H groups in total. The van der Waals surface area contributed by atoms with Crippen LogP contribution in [0.5, 0.6) is 0 Å². The number of halogens is 1. The van der Waals surface area contributed by atoms with E-state index in [1.807, 2.05) is 0 Å².